The maximum Gasteiger partial charge on any atom is 0.244 e. The second-order valence-corrected chi connectivity index (χ2v) is 6.97. The number of nitrogens with one attached hydrogen (secondary N) is 1. The van der Waals surface area contributed by atoms with E-state index in [9.17, 15) is 4.79 Å². The van der Waals surface area contributed by atoms with Crippen LogP contribution in [0, 0.1) is 12.8 Å². The lowest BCUT2D eigenvalue weighted by molar-refractivity contribution is -0.118. The van der Waals surface area contributed by atoms with Crippen LogP contribution in [0.25, 0.3) is 0 Å². The molecule has 3 saturated heterocycles. The molecule has 1 N–H and O–H groups in total. The van der Waals surface area contributed by atoms with Gasteiger partial charge in [0.1, 0.15) is 0 Å². The molecule has 0 saturated carbocycles. The van der Waals surface area contributed by atoms with Gasteiger partial charge in [0, 0.05) is 23.6 Å². The Balaban J connectivity index is 1.49. The summed E-state index contributed by atoms with van der Waals surface area (Å²) < 4.78 is 0. The summed E-state index contributed by atoms with van der Waals surface area (Å²) in [6, 6.07) is 8.65. The monoisotopic (exact) mass is 302 g/mol. The van der Waals surface area contributed by atoms with Gasteiger partial charge in [0.05, 0.1) is 0 Å². The van der Waals surface area contributed by atoms with E-state index in [2.05, 4.69) is 35.3 Å². The lowest BCUT2D eigenvalue weighted by atomic mass is 9.84. The van der Waals surface area contributed by atoms with Crippen LogP contribution in [0.4, 0.5) is 0 Å². The summed E-state index contributed by atoms with van der Waals surface area (Å²) in [5, 5.41) is 5.05. The highest BCUT2D eigenvalue weighted by molar-refractivity contribution is 8.02. The van der Waals surface area contributed by atoms with Crippen LogP contribution < -0.4 is 5.32 Å². The molecule has 0 radical (unpaired) electrons. The predicted molar refractivity (Wildman–Crippen MR) is 87.3 cm³/mol. The molecule has 1 atom stereocenters. The summed E-state index contributed by atoms with van der Waals surface area (Å²) in [5.74, 6) is 0.714. The van der Waals surface area contributed by atoms with Gasteiger partial charge in [-0.3, -0.25) is 4.79 Å². The van der Waals surface area contributed by atoms with Crippen molar-refractivity contribution >= 4 is 17.7 Å². The van der Waals surface area contributed by atoms with Crippen molar-refractivity contribution < 1.29 is 4.79 Å². The standard InChI is InChI=1S/C17H22N2OS/c1-13-3-2-4-15(11-13)21-10-7-17(20)18-16-12-19-8-5-14(16)6-9-19/h2-4,7,10-11,14,16H,5-6,8-9,12H2,1H3,(H,18,20)/b10-7+. The third-order valence-electron chi connectivity index (χ3n) is 4.40. The predicted octanol–water partition coefficient (Wildman–Crippen LogP) is 2.81. The van der Waals surface area contributed by atoms with E-state index >= 15 is 0 Å². The maximum absolute atomic E-state index is 12.0. The smallest absolute Gasteiger partial charge is 0.244 e. The van der Waals surface area contributed by atoms with Crippen molar-refractivity contribution in [1.82, 2.24) is 10.2 Å². The molecule has 1 aromatic rings. The van der Waals surface area contributed by atoms with Gasteiger partial charge in [-0.1, -0.05) is 29.5 Å². The first-order valence-corrected chi connectivity index (χ1v) is 8.51. The minimum absolute atomic E-state index is 0.0360. The molecule has 4 rings (SSSR count). The summed E-state index contributed by atoms with van der Waals surface area (Å²) in [4.78, 5) is 15.6. The normalized spacial score (nSPS) is 28.0. The Morgan fingerprint density at radius 3 is 2.86 bits per heavy atom. The fourth-order valence-electron chi connectivity index (χ4n) is 3.22. The van der Waals surface area contributed by atoms with Crippen LogP contribution in [0.5, 0.6) is 0 Å². The van der Waals surface area contributed by atoms with E-state index in [4.69, 9.17) is 0 Å². The van der Waals surface area contributed by atoms with Crippen LogP contribution in [0.15, 0.2) is 40.6 Å². The average Bonchev–Trinajstić information content (AvgIpc) is 2.48. The lowest BCUT2D eigenvalue weighted by Gasteiger charge is -2.44. The first kappa shape index (κ1) is 14.7. The number of benzene rings is 1. The summed E-state index contributed by atoms with van der Waals surface area (Å²) in [6.45, 7) is 5.51. The van der Waals surface area contributed by atoms with E-state index in [0.717, 1.165) is 6.54 Å². The molecule has 3 aliphatic rings. The van der Waals surface area contributed by atoms with Crippen LogP contribution in [0.2, 0.25) is 0 Å². The molecular weight excluding hydrogens is 280 g/mol. The van der Waals surface area contributed by atoms with Crippen LogP contribution in [0.3, 0.4) is 0 Å². The van der Waals surface area contributed by atoms with Gasteiger partial charge in [-0.25, -0.2) is 0 Å². The van der Waals surface area contributed by atoms with Gasteiger partial charge in [-0.2, -0.15) is 0 Å². The molecule has 0 spiro atoms. The van der Waals surface area contributed by atoms with E-state index in [-0.39, 0.29) is 5.91 Å². The number of piperidine rings is 3. The van der Waals surface area contributed by atoms with E-state index in [1.54, 1.807) is 17.8 Å². The van der Waals surface area contributed by atoms with Crippen molar-refractivity contribution in [2.24, 2.45) is 5.92 Å². The summed E-state index contributed by atoms with van der Waals surface area (Å²) in [5.41, 5.74) is 1.24. The van der Waals surface area contributed by atoms with Gasteiger partial charge in [0.2, 0.25) is 5.91 Å². The van der Waals surface area contributed by atoms with Gasteiger partial charge >= 0.3 is 0 Å². The van der Waals surface area contributed by atoms with Gasteiger partial charge in [-0.05, 0) is 56.3 Å². The van der Waals surface area contributed by atoms with E-state index in [0.29, 0.717) is 12.0 Å². The van der Waals surface area contributed by atoms with Gasteiger partial charge in [0.25, 0.3) is 0 Å². The number of amides is 1. The molecule has 0 aromatic heterocycles. The summed E-state index contributed by atoms with van der Waals surface area (Å²) >= 11 is 1.59. The van der Waals surface area contributed by atoms with Crippen LogP contribution >= 0.6 is 11.8 Å². The number of rotatable bonds is 4. The van der Waals surface area contributed by atoms with Crippen molar-refractivity contribution in [3.05, 3.63) is 41.3 Å². The van der Waals surface area contributed by atoms with Crippen molar-refractivity contribution in [2.45, 2.75) is 30.7 Å². The maximum atomic E-state index is 12.0. The zero-order chi connectivity index (χ0) is 14.7. The number of hydrogen-bond donors (Lipinski definition) is 1. The number of nitrogens with zero attached hydrogens (tertiary/aromatic N) is 1. The van der Waals surface area contributed by atoms with Crippen molar-refractivity contribution in [2.75, 3.05) is 19.6 Å². The van der Waals surface area contributed by atoms with Gasteiger partial charge in [0.15, 0.2) is 0 Å². The Bertz CT molecular complexity index is 535. The molecule has 3 aliphatic heterocycles. The number of carbonyl (C=O) groups is 1. The molecule has 1 unspecified atom stereocenters. The molecule has 3 fully saturated rings. The second kappa shape index (κ2) is 6.67. The van der Waals surface area contributed by atoms with Gasteiger partial charge in [-0.15, -0.1) is 0 Å². The molecule has 2 bridgehead atoms. The molecule has 1 amide bonds. The molecule has 3 heterocycles. The fourth-order valence-corrected chi connectivity index (χ4v) is 3.98. The Labute approximate surface area is 130 Å². The molecule has 112 valence electrons. The van der Waals surface area contributed by atoms with Crippen LogP contribution in [-0.2, 0) is 4.79 Å². The highest BCUT2D eigenvalue weighted by Crippen LogP contribution is 2.27. The number of aryl methyl sites for hydroxylation is 1. The number of carbonyl (C=O) groups excluding carboxylic acids is 1. The third-order valence-corrected chi connectivity index (χ3v) is 5.20. The summed E-state index contributed by atoms with van der Waals surface area (Å²) in [7, 11) is 0. The van der Waals surface area contributed by atoms with Gasteiger partial charge < -0.3 is 10.2 Å². The number of hydrogen-bond acceptors (Lipinski definition) is 3. The van der Waals surface area contributed by atoms with E-state index in [1.807, 2.05) is 11.5 Å². The first-order chi connectivity index (χ1) is 10.2. The quantitative estimate of drug-likeness (QED) is 0.686. The molecule has 3 nitrogen and oxygen atoms in total. The Kier molecular flexibility index (Phi) is 4.66. The Hall–Kier alpha value is -1.26. The zero-order valence-electron chi connectivity index (χ0n) is 12.4. The van der Waals surface area contributed by atoms with E-state index in [1.165, 1.54) is 36.4 Å². The zero-order valence-corrected chi connectivity index (χ0v) is 13.2. The second-order valence-electron chi connectivity index (χ2n) is 5.99. The molecule has 1 aromatic carbocycles. The SMILES string of the molecule is Cc1cccc(S/C=C/C(=O)NC2CN3CCC2CC3)c1. The minimum Gasteiger partial charge on any atom is -0.348 e. The molecule has 4 heteroatoms. The van der Waals surface area contributed by atoms with Crippen molar-refractivity contribution in [1.29, 1.82) is 0 Å². The largest absolute Gasteiger partial charge is 0.348 e. The Morgan fingerprint density at radius 1 is 1.38 bits per heavy atom. The summed E-state index contributed by atoms with van der Waals surface area (Å²) in [6.07, 6.45) is 4.12. The molecule has 21 heavy (non-hydrogen) atoms. The Morgan fingerprint density at radius 2 is 2.19 bits per heavy atom. The average molecular weight is 302 g/mol. The van der Waals surface area contributed by atoms with Crippen LogP contribution in [-0.4, -0.2) is 36.5 Å². The molecular formula is C17H22N2OS. The van der Waals surface area contributed by atoms with Crippen molar-refractivity contribution in [3.8, 4) is 0 Å². The van der Waals surface area contributed by atoms with E-state index < -0.39 is 0 Å². The lowest BCUT2D eigenvalue weighted by Crippen LogP contribution is -2.57. The minimum atomic E-state index is 0.0360. The van der Waals surface area contributed by atoms with Crippen molar-refractivity contribution in [3.63, 3.8) is 0 Å². The topological polar surface area (TPSA) is 32.3 Å². The number of thioether (sulfide) groups is 1. The highest BCUT2D eigenvalue weighted by Gasteiger charge is 2.34. The number of fused-ring (bicyclic) bond motifs is 3. The fraction of sp³-hybridized carbons (Fsp3) is 0.471. The highest BCUT2D eigenvalue weighted by atomic mass is 32.2. The van der Waals surface area contributed by atoms with Crippen LogP contribution in [0.1, 0.15) is 18.4 Å². The first-order valence-electron chi connectivity index (χ1n) is 7.63. The third kappa shape index (κ3) is 3.89. The molecule has 0 aliphatic carbocycles.